The number of benzene rings is 1. The molecule has 1 saturated carbocycles. The second-order valence-electron chi connectivity index (χ2n) is 11.4. The molecule has 0 bridgehead atoms. The fourth-order valence-corrected chi connectivity index (χ4v) is 4.95. The summed E-state index contributed by atoms with van der Waals surface area (Å²) < 4.78 is 5.31. The summed E-state index contributed by atoms with van der Waals surface area (Å²) in [6.07, 6.45) is 5.81. The molecule has 15 nitrogen and oxygen atoms in total. The zero-order chi connectivity index (χ0) is 34.3. The van der Waals surface area contributed by atoms with Gasteiger partial charge < -0.3 is 36.6 Å². The third-order valence-electron chi connectivity index (χ3n) is 7.83. The van der Waals surface area contributed by atoms with Crippen molar-refractivity contribution in [2.45, 2.75) is 57.4 Å². The van der Waals surface area contributed by atoms with Gasteiger partial charge in [0.2, 0.25) is 23.6 Å². The molecule has 1 atom stereocenters. The standard InChI is InChI=1S/C31H42BN7O8/c1-38(30(45)20-4-2-5-20)19-22-16-23(8-7-21(22)17-32)36-29(44)24(6-3-12-34-31(33)46)37-26(41)18-35-25(40)11-14-47-15-13-39-27(42)9-10-28(39)43/h7-10,16,20,24H,2-6,11-15,17-19H2,1H3,(H,35,40)(H,36,44)(H,37,41)(H3,33,34,46)/t24-/m0/s1. The predicted octanol–water partition coefficient (Wildman–Crippen LogP) is -0.567. The van der Waals surface area contributed by atoms with Crippen molar-refractivity contribution in [3.63, 3.8) is 0 Å². The molecule has 1 aromatic rings. The smallest absolute Gasteiger partial charge is 0.312 e. The van der Waals surface area contributed by atoms with Crippen molar-refractivity contribution in [2.24, 2.45) is 11.7 Å². The number of amides is 8. The molecule has 0 saturated heterocycles. The van der Waals surface area contributed by atoms with Gasteiger partial charge in [0.15, 0.2) is 0 Å². The first-order valence-corrected chi connectivity index (χ1v) is 15.6. The number of anilines is 1. The maximum absolute atomic E-state index is 13.3. The van der Waals surface area contributed by atoms with E-state index < -0.39 is 48.2 Å². The van der Waals surface area contributed by atoms with Crippen LogP contribution in [0.3, 0.4) is 0 Å². The van der Waals surface area contributed by atoms with Crippen molar-refractivity contribution >= 4 is 55.0 Å². The van der Waals surface area contributed by atoms with Crippen molar-refractivity contribution < 1.29 is 38.3 Å². The molecule has 2 aliphatic rings. The number of carbonyl (C=O) groups excluding carboxylic acids is 7. The summed E-state index contributed by atoms with van der Waals surface area (Å²) in [5.41, 5.74) is 7.18. The zero-order valence-corrected chi connectivity index (χ0v) is 26.5. The third kappa shape index (κ3) is 11.9. The van der Waals surface area contributed by atoms with Crippen LogP contribution in [0.1, 0.15) is 49.7 Å². The van der Waals surface area contributed by atoms with E-state index >= 15 is 0 Å². The van der Waals surface area contributed by atoms with Crippen LogP contribution < -0.4 is 27.0 Å². The van der Waals surface area contributed by atoms with Crippen LogP contribution in [-0.4, -0.2) is 105 Å². The van der Waals surface area contributed by atoms with Gasteiger partial charge in [-0.3, -0.25) is 33.7 Å². The van der Waals surface area contributed by atoms with Crippen LogP contribution in [0.2, 0.25) is 0 Å². The predicted molar refractivity (Wildman–Crippen MR) is 171 cm³/mol. The zero-order valence-electron chi connectivity index (χ0n) is 26.5. The van der Waals surface area contributed by atoms with E-state index in [1.54, 1.807) is 30.1 Å². The monoisotopic (exact) mass is 651 g/mol. The lowest BCUT2D eigenvalue weighted by Crippen LogP contribution is -2.47. The number of hydrogen-bond acceptors (Lipinski definition) is 8. The lowest BCUT2D eigenvalue weighted by atomic mass is 9.84. The number of primary amides is 1. The Labute approximate surface area is 274 Å². The summed E-state index contributed by atoms with van der Waals surface area (Å²) in [6.45, 7) is 0.220. The Balaban J connectivity index is 1.51. The van der Waals surface area contributed by atoms with Crippen molar-refractivity contribution in [3.8, 4) is 0 Å². The molecule has 8 amide bonds. The lowest BCUT2D eigenvalue weighted by Gasteiger charge is -2.29. The Kier molecular flexibility index (Phi) is 14.4. The van der Waals surface area contributed by atoms with Gasteiger partial charge in [0.05, 0.1) is 34.1 Å². The number of rotatable bonds is 19. The highest BCUT2D eigenvalue weighted by molar-refractivity contribution is 6.12. The Hall–Kier alpha value is -4.73. The van der Waals surface area contributed by atoms with E-state index in [2.05, 4.69) is 21.3 Å². The number of nitrogens with zero attached hydrogens (tertiary/aromatic N) is 2. The summed E-state index contributed by atoms with van der Waals surface area (Å²) in [5.74, 6) is -2.34. The summed E-state index contributed by atoms with van der Waals surface area (Å²) >= 11 is 0. The summed E-state index contributed by atoms with van der Waals surface area (Å²) in [5, 5.41) is 10.3. The van der Waals surface area contributed by atoms with Gasteiger partial charge >= 0.3 is 6.03 Å². The average molecular weight is 652 g/mol. The molecular formula is C31H42BN7O8. The van der Waals surface area contributed by atoms with Gasteiger partial charge in [-0.25, -0.2) is 4.79 Å². The highest BCUT2D eigenvalue weighted by Crippen LogP contribution is 2.29. The van der Waals surface area contributed by atoms with Gasteiger partial charge in [-0.2, -0.15) is 0 Å². The molecule has 2 radical (unpaired) electrons. The Morgan fingerprint density at radius 2 is 1.77 bits per heavy atom. The molecule has 3 rings (SSSR count). The third-order valence-corrected chi connectivity index (χ3v) is 7.83. The fourth-order valence-electron chi connectivity index (χ4n) is 4.95. The first-order chi connectivity index (χ1) is 22.5. The van der Waals surface area contributed by atoms with Crippen LogP contribution in [0, 0.1) is 5.92 Å². The summed E-state index contributed by atoms with van der Waals surface area (Å²) in [4.78, 5) is 87.7. The molecule has 0 spiro atoms. The van der Waals surface area contributed by atoms with Gasteiger partial charge in [0.25, 0.3) is 11.8 Å². The molecule has 1 heterocycles. The second kappa shape index (κ2) is 18.4. The molecule has 0 unspecified atom stereocenters. The van der Waals surface area contributed by atoms with Crippen LogP contribution >= 0.6 is 0 Å². The van der Waals surface area contributed by atoms with E-state index in [0.29, 0.717) is 18.7 Å². The van der Waals surface area contributed by atoms with Gasteiger partial charge in [0.1, 0.15) is 6.04 Å². The van der Waals surface area contributed by atoms with E-state index in [1.807, 2.05) is 0 Å². The van der Waals surface area contributed by atoms with E-state index in [0.717, 1.165) is 35.3 Å². The molecule has 1 aliphatic heterocycles. The van der Waals surface area contributed by atoms with Crippen LogP contribution in [0.4, 0.5) is 10.5 Å². The first-order valence-electron chi connectivity index (χ1n) is 15.6. The van der Waals surface area contributed by atoms with Gasteiger partial charge in [-0.15, -0.1) is 0 Å². The Bertz CT molecular complexity index is 1350. The minimum absolute atomic E-state index is 0.00443. The number of carbonyl (C=O) groups is 7. The van der Waals surface area contributed by atoms with Crippen molar-refractivity contribution in [1.82, 2.24) is 25.8 Å². The molecule has 1 aromatic carbocycles. The minimum Gasteiger partial charge on any atom is -0.379 e. The molecule has 47 heavy (non-hydrogen) atoms. The van der Waals surface area contributed by atoms with Crippen LogP contribution in [0.25, 0.3) is 0 Å². The van der Waals surface area contributed by atoms with Crippen LogP contribution in [0.5, 0.6) is 0 Å². The number of nitrogens with two attached hydrogens (primary N) is 1. The maximum Gasteiger partial charge on any atom is 0.312 e. The average Bonchev–Trinajstić information content (AvgIpc) is 3.32. The van der Waals surface area contributed by atoms with E-state index in [1.165, 1.54) is 12.2 Å². The molecule has 0 aromatic heterocycles. The quantitative estimate of drug-likeness (QED) is 0.0742. The van der Waals surface area contributed by atoms with E-state index in [9.17, 15) is 33.6 Å². The van der Waals surface area contributed by atoms with E-state index in [-0.39, 0.29) is 57.3 Å². The maximum atomic E-state index is 13.3. The van der Waals surface area contributed by atoms with Crippen molar-refractivity contribution in [3.05, 3.63) is 41.5 Å². The lowest BCUT2D eigenvalue weighted by molar-refractivity contribution is -0.138. The topological polar surface area (TPSA) is 209 Å². The molecule has 252 valence electrons. The summed E-state index contributed by atoms with van der Waals surface area (Å²) in [6, 6.07) is 3.48. The van der Waals surface area contributed by atoms with Gasteiger partial charge in [-0.05, 0) is 43.4 Å². The SMILES string of the molecule is [B]Cc1ccc(NC(=O)[C@H](CCCNC(N)=O)NC(=O)CNC(=O)CCOCCN2C(=O)C=CC2=O)cc1CN(C)C(=O)C1CCC1. The van der Waals surface area contributed by atoms with Crippen molar-refractivity contribution in [2.75, 3.05) is 45.2 Å². The summed E-state index contributed by atoms with van der Waals surface area (Å²) in [7, 11) is 7.67. The van der Waals surface area contributed by atoms with Crippen LogP contribution in [0.15, 0.2) is 30.4 Å². The van der Waals surface area contributed by atoms with Gasteiger partial charge in [0, 0.05) is 50.3 Å². The number of urea groups is 1. The van der Waals surface area contributed by atoms with Crippen LogP contribution in [-0.2, 0) is 46.4 Å². The largest absolute Gasteiger partial charge is 0.379 e. The molecular weight excluding hydrogens is 609 g/mol. The highest BCUT2D eigenvalue weighted by atomic mass is 16.5. The van der Waals surface area contributed by atoms with E-state index in [4.69, 9.17) is 18.3 Å². The van der Waals surface area contributed by atoms with Gasteiger partial charge in [-0.1, -0.05) is 24.4 Å². The number of imide groups is 1. The molecule has 6 N–H and O–H groups in total. The number of hydrogen-bond donors (Lipinski definition) is 5. The van der Waals surface area contributed by atoms with Crippen molar-refractivity contribution in [1.29, 1.82) is 0 Å². The minimum atomic E-state index is -1.01. The number of nitrogens with one attached hydrogen (secondary N) is 4. The molecule has 1 fully saturated rings. The number of ether oxygens (including phenoxy) is 1. The first kappa shape index (κ1) is 36.7. The normalized spacial score (nSPS) is 14.7. The molecule has 16 heteroatoms. The fraction of sp³-hybridized carbons (Fsp3) is 0.516. The second-order valence-corrected chi connectivity index (χ2v) is 11.4. The molecule has 1 aliphatic carbocycles. The highest BCUT2D eigenvalue weighted by Gasteiger charge is 2.28. The Morgan fingerprint density at radius 3 is 2.40 bits per heavy atom. The Morgan fingerprint density at radius 1 is 1.04 bits per heavy atom.